The van der Waals surface area contributed by atoms with Gasteiger partial charge in [0.25, 0.3) is 0 Å². The van der Waals surface area contributed by atoms with Gasteiger partial charge in [-0.1, -0.05) is 6.07 Å². The first kappa shape index (κ1) is 9.46. The van der Waals surface area contributed by atoms with Crippen molar-refractivity contribution in [2.24, 2.45) is 0 Å². The van der Waals surface area contributed by atoms with Crippen molar-refractivity contribution in [2.45, 2.75) is 12.8 Å². The summed E-state index contributed by atoms with van der Waals surface area (Å²) in [5.41, 5.74) is 1.53. The Hall–Kier alpha value is -1.09. The maximum atomic E-state index is 13.8. The fraction of sp³-hybridized carbons (Fsp3) is 0.455. The molecule has 2 rings (SSSR count). The number of rotatable bonds is 3. The summed E-state index contributed by atoms with van der Waals surface area (Å²) >= 11 is 0. The van der Waals surface area contributed by atoms with E-state index in [4.69, 9.17) is 4.74 Å². The fourth-order valence-electron chi connectivity index (χ4n) is 1.74. The van der Waals surface area contributed by atoms with Gasteiger partial charge < -0.3 is 10.1 Å². The molecule has 1 N–H and O–H groups in total. The molecule has 0 saturated heterocycles. The summed E-state index contributed by atoms with van der Waals surface area (Å²) in [4.78, 5) is 0. The average Bonchev–Trinajstić information content (AvgIpc) is 2.66. The van der Waals surface area contributed by atoms with E-state index in [0.29, 0.717) is 13.0 Å². The van der Waals surface area contributed by atoms with Crippen LogP contribution in [0.15, 0.2) is 12.1 Å². The molecule has 0 fully saturated rings. The second-order valence-corrected chi connectivity index (χ2v) is 3.47. The molecule has 0 saturated carbocycles. The van der Waals surface area contributed by atoms with E-state index in [2.05, 4.69) is 5.32 Å². The van der Waals surface area contributed by atoms with Crippen molar-refractivity contribution in [3.8, 4) is 5.75 Å². The molecule has 76 valence electrons. The normalized spacial score (nSPS) is 13.9. The summed E-state index contributed by atoms with van der Waals surface area (Å²) in [6, 6.07) is 3.69. The van der Waals surface area contributed by atoms with Gasteiger partial charge in [0, 0.05) is 12.0 Å². The van der Waals surface area contributed by atoms with Crippen LogP contribution in [0.2, 0.25) is 0 Å². The Bertz CT molecular complexity index is 338. The molecule has 1 heterocycles. The molecule has 3 heteroatoms. The monoisotopic (exact) mass is 195 g/mol. The molecular weight excluding hydrogens is 181 g/mol. The fourth-order valence-corrected chi connectivity index (χ4v) is 1.74. The van der Waals surface area contributed by atoms with Crippen molar-refractivity contribution in [3.63, 3.8) is 0 Å². The highest BCUT2D eigenvalue weighted by Crippen LogP contribution is 2.29. The van der Waals surface area contributed by atoms with Crippen LogP contribution in [0, 0.1) is 5.82 Å². The average molecular weight is 195 g/mol. The van der Waals surface area contributed by atoms with E-state index in [-0.39, 0.29) is 5.82 Å². The molecule has 0 aliphatic carbocycles. The lowest BCUT2D eigenvalue weighted by atomic mass is 10.1. The standard InChI is InChI=1S/C11H14FNO/c1-13-6-4-8-2-3-10-9(11(8)12)5-7-14-10/h2-3,13H,4-7H2,1H3. The molecule has 0 unspecified atom stereocenters. The van der Waals surface area contributed by atoms with Gasteiger partial charge in [0.1, 0.15) is 11.6 Å². The van der Waals surface area contributed by atoms with Gasteiger partial charge in [-0.2, -0.15) is 0 Å². The van der Waals surface area contributed by atoms with Crippen molar-refractivity contribution >= 4 is 0 Å². The van der Waals surface area contributed by atoms with Crippen LogP contribution in [0.4, 0.5) is 4.39 Å². The maximum Gasteiger partial charge on any atom is 0.133 e. The van der Waals surface area contributed by atoms with Crippen molar-refractivity contribution in [2.75, 3.05) is 20.2 Å². The third-order valence-corrected chi connectivity index (χ3v) is 2.53. The Labute approximate surface area is 83.1 Å². The third-order valence-electron chi connectivity index (χ3n) is 2.53. The number of nitrogens with one attached hydrogen (secondary N) is 1. The van der Waals surface area contributed by atoms with E-state index in [9.17, 15) is 4.39 Å². The van der Waals surface area contributed by atoms with E-state index in [1.165, 1.54) is 0 Å². The number of benzene rings is 1. The Morgan fingerprint density at radius 2 is 2.36 bits per heavy atom. The summed E-state index contributed by atoms with van der Waals surface area (Å²) in [6.07, 6.45) is 1.43. The van der Waals surface area contributed by atoms with Gasteiger partial charge in [0.05, 0.1) is 6.61 Å². The first-order chi connectivity index (χ1) is 6.83. The molecule has 1 aliphatic heterocycles. The quantitative estimate of drug-likeness (QED) is 0.789. The number of hydrogen-bond donors (Lipinski definition) is 1. The number of fused-ring (bicyclic) bond motifs is 1. The van der Waals surface area contributed by atoms with Crippen molar-refractivity contribution < 1.29 is 9.13 Å². The molecule has 14 heavy (non-hydrogen) atoms. The second-order valence-electron chi connectivity index (χ2n) is 3.47. The minimum Gasteiger partial charge on any atom is -0.493 e. The minimum atomic E-state index is -0.0738. The van der Waals surface area contributed by atoms with Gasteiger partial charge in [-0.3, -0.25) is 0 Å². The second kappa shape index (κ2) is 3.96. The highest BCUT2D eigenvalue weighted by atomic mass is 19.1. The van der Waals surface area contributed by atoms with E-state index in [1.807, 2.05) is 19.2 Å². The summed E-state index contributed by atoms with van der Waals surface area (Å²) in [5.74, 6) is 0.644. The van der Waals surface area contributed by atoms with E-state index in [1.54, 1.807) is 0 Å². The SMILES string of the molecule is CNCCc1ccc2c(c1F)CCO2. The number of likely N-dealkylation sites (N-methyl/N-ethyl adjacent to an activating group) is 1. The topological polar surface area (TPSA) is 21.3 Å². The third kappa shape index (κ3) is 1.60. The van der Waals surface area contributed by atoms with Crippen molar-refractivity contribution in [3.05, 3.63) is 29.1 Å². The van der Waals surface area contributed by atoms with E-state index < -0.39 is 0 Å². The van der Waals surface area contributed by atoms with Crippen LogP contribution in [0.25, 0.3) is 0 Å². The molecule has 1 aromatic carbocycles. The molecule has 1 aliphatic rings. The molecular formula is C11H14FNO. The number of ether oxygens (including phenoxy) is 1. The molecule has 0 radical (unpaired) electrons. The van der Waals surface area contributed by atoms with Gasteiger partial charge in [-0.05, 0) is 31.6 Å². The first-order valence-corrected chi connectivity index (χ1v) is 4.90. The zero-order chi connectivity index (χ0) is 9.97. The summed E-state index contributed by atoms with van der Waals surface area (Å²) in [6.45, 7) is 1.41. The highest BCUT2D eigenvalue weighted by Gasteiger charge is 2.18. The van der Waals surface area contributed by atoms with Crippen LogP contribution >= 0.6 is 0 Å². The Morgan fingerprint density at radius 3 is 3.14 bits per heavy atom. The molecule has 0 aromatic heterocycles. The van der Waals surface area contributed by atoms with Gasteiger partial charge in [0.2, 0.25) is 0 Å². The molecule has 0 spiro atoms. The lowest BCUT2D eigenvalue weighted by molar-refractivity contribution is 0.356. The van der Waals surface area contributed by atoms with Gasteiger partial charge in [0.15, 0.2) is 0 Å². The predicted octanol–water partition coefficient (Wildman–Crippen LogP) is 1.52. The van der Waals surface area contributed by atoms with E-state index >= 15 is 0 Å². The van der Waals surface area contributed by atoms with E-state index in [0.717, 1.165) is 29.8 Å². The minimum absolute atomic E-state index is 0.0738. The smallest absolute Gasteiger partial charge is 0.133 e. The first-order valence-electron chi connectivity index (χ1n) is 4.90. The molecule has 0 amide bonds. The Balaban J connectivity index is 2.26. The van der Waals surface area contributed by atoms with Crippen LogP contribution in [0.5, 0.6) is 5.75 Å². The number of halogens is 1. The number of hydrogen-bond acceptors (Lipinski definition) is 2. The lowest BCUT2D eigenvalue weighted by Crippen LogP contribution is -2.11. The van der Waals surface area contributed by atoms with Crippen LogP contribution in [-0.4, -0.2) is 20.2 Å². The van der Waals surface area contributed by atoms with Gasteiger partial charge >= 0.3 is 0 Å². The Kier molecular flexibility index (Phi) is 2.68. The summed E-state index contributed by atoms with van der Waals surface area (Å²) < 4.78 is 19.1. The van der Waals surface area contributed by atoms with Crippen LogP contribution in [0.3, 0.4) is 0 Å². The highest BCUT2D eigenvalue weighted by molar-refractivity contribution is 5.41. The molecule has 0 bridgehead atoms. The largest absolute Gasteiger partial charge is 0.493 e. The van der Waals surface area contributed by atoms with Crippen molar-refractivity contribution in [1.82, 2.24) is 5.32 Å². The predicted molar refractivity (Wildman–Crippen MR) is 53.2 cm³/mol. The zero-order valence-electron chi connectivity index (χ0n) is 8.27. The lowest BCUT2D eigenvalue weighted by Gasteiger charge is -2.06. The summed E-state index contributed by atoms with van der Waals surface area (Å²) in [5, 5.41) is 3.01. The maximum absolute atomic E-state index is 13.8. The molecule has 1 aromatic rings. The van der Waals surface area contributed by atoms with Gasteiger partial charge in [-0.15, -0.1) is 0 Å². The summed E-state index contributed by atoms with van der Waals surface area (Å²) in [7, 11) is 1.87. The van der Waals surface area contributed by atoms with Crippen LogP contribution in [-0.2, 0) is 12.8 Å². The zero-order valence-corrected chi connectivity index (χ0v) is 8.27. The molecule has 0 atom stereocenters. The van der Waals surface area contributed by atoms with Gasteiger partial charge in [-0.25, -0.2) is 4.39 Å². The van der Waals surface area contributed by atoms with Crippen LogP contribution in [0.1, 0.15) is 11.1 Å². The van der Waals surface area contributed by atoms with Crippen LogP contribution < -0.4 is 10.1 Å². The molecule has 2 nitrogen and oxygen atoms in total. The Morgan fingerprint density at radius 1 is 1.50 bits per heavy atom. The van der Waals surface area contributed by atoms with Crippen molar-refractivity contribution in [1.29, 1.82) is 0 Å².